The summed E-state index contributed by atoms with van der Waals surface area (Å²) in [7, 11) is 2.21. The molecule has 0 aromatic rings. The Kier molecular flexibility index (Phi) is 5.73. The lowest BCUT2D eigenvalue weighted by molar-refractivity contribution is 0.155. The molecule has 3 nitrogen and oxygen atoms in total. The zero-order valence-corrected chi connectivity index (χ0v) is 11.4. The smallest absolute Gasteiger partial charge is 0.0223 e. The molecule has 0 spiro atoms. The van der Waals surface area contributed by atoms with Crippen LogP contribution >= 0.6 is 0 Å². The summed E-state index contributed by atoms with van der Waals surface area (Å²) in [6, 6.07) is 1.55. The van der Waals surface area contributed by atoms with E-state index in [9.17, 15) is 0 Å². The van der Waals surface area contributed by atoms with Crippen LogP contribution in [0.1, 0.15) is 40.0 Å². The molecule has 1 aliphatic heterocycles. The van der Waals surface area contributed by atoms with Gasteiger partial charge >= 0.3 is 0 Å². The van der Waals surface area contributed by atoms with E-state index in [-0.39, 0.29) is 0 Å². The zero-order chi connectivity index (χ0) is 12.1. The molecular formula is C13H29N3. The summed E-state index contributed by atoms with van der Waals surface area (Å²) in [6.45, 7) is 10.3. The Labute approximate surface area is 101 Å². The van der Waals surface area contributed by atoms with E-state index in [0.29, 0.717) is 12.1 Å². The molecule has 3 heteroatoms. The third-order valence-corrected chi connectivity index (χ3v) is 4.19. The van der Waals surface area contributed by atoms with E-state index in [1.54, 1.807) is 0 Å². The quantitative estimate of drug-likeness (QED) is 0.747. The fourth-order valence-corrected chi connectivity index (χ4v) is 2.68. The van der Waals surface area contributed by atoms with Gasteiger partial charge in [-0.2, -0.15) is 0 Å². The molecule has 0 bridgehead atoms. The minimum absolute atomic E-state index is 0.307. The predicted molar refractivity (Wildman–Crippen MR) is 70.6 cm³/mol. The van der Waals surface area contributed by atoms with Crippen LogP contribution in [-0.4, -0.2) is 54.6 Å². The maximum absolute atomic E-state index is 6.10. The van der Waals surface area contributed by atoms with Crippen LogP contribution in [0.3, 0.4) is 0 Å². The first kappa shape index (κ1) is 13.9. The third kappa shape index (κ3) is 3.44. The SMILES string of the molecule is CCC(N)C(C)N(C)CC1CCCN1CC. The van der Waals surface area contributed by atoms with Gasteiger partial charge in [0.25, 0.3) is 0 Å². The maximum Gasteiger partial charge on any atom is 0.0223 e. The number of hydrogen-bond acceptors (Lipinski definition) is 3. The van der Waals surface area contributed by atoms with Crippen LogP contribution in [0.15, 0.2) is 0 Å². The monoisotopic (exact) mass is 227 g/mol. The van der Waals surface area contributed by atoms with Crippen LogP contribution in [0.25, 0.3) is 0 Å². The fourth-order valence-electron chi connectivity index (χ4n) is 2.68. The fraction of sp³-hybridized carbons (Fsp3) is 1.00. The highest BCUT2D eigenvalue weighted by Crippen LogP contribution is 2.18. The van der Waals surface area contributed by atoms with Crippen molar-refractivity contribution in [3.8, 4) is 0 Å². The second-order valence-corrected chi connectivity index (χ2v) is 5.18. The van der Waals surface area contributed by atoms with Crippen molar-refractivity contribution in [2.24, 2.45) is 5.73 Å². The standard InChI is InChI=1S/C13H29N3/c1-5-13(14)11(3)15(4)10-12-8-7-9-16(12)6-2/h11-13H,5-10,14H2,1-4H3. The first-order valence-electron chi connectivity index (χ1n) is 6.80. The van der Waals surface area contributed by atoms with Crippen LogP contribution in [0, 0.1) is 0 Å². The van der Waals surface area contributed by atoms with E-state index in [2.05, 4.69) is 37.6 Å². The van der Waals surface area contributed by atoms with Crippen molar-refractivity contribution in [3.05, 3.63) is 0 Å². The number of hydrogen-bond donors (Lipinski definition) is 1. The summed E-state index contributed by atoms with van der Waals surface area (Å²) in [4.78, 5) is 5.04. The molecule has 1 rings (SSSR count). The van der Waals surface area contributed by atoms with Crippen molar-refractivity contribution >= 4 is 0 Å². The van der Waals surface area contributed by atoms with E-state index in [4.69, 9.17) is 5.73 Å². The highest BCUT2D eigenvalue weighted by Gasteiger charge is 2.26. The maximum atomic E-state index is 6.10. The number of likely N-dealkylation sites (N-methyl/N-ethyl adjacent to an activating group) is 2. The van der Waals surface area contributed by atoms with Gasteiger partial charge in [-0.1, -0.05) is 13.8 Å². The second kappa shape index (κ2) is 6.58. The van der Waals surface area contributed by atoms with Gasteiger partial charge in [0.2, 0.25) is 0 Å². The Hall–Kier alpha value is -0.120. The van der Waals surface area contributed by atoms with Crippen LogP contribution in [0.5, 0.6) is 0 Å². The van der Waals surface area contributed by atoms with E-state index >= 15 is 0 Å². The molecule has 1 fully saturated rings. The van der Waals surface area contributed by atoms with Crippen LogP contribution in [0.4, 0.5) is 0 Å². The van der Waals surface area contributed by atoms with Crippen molar-refractivity contribution in [1.82, 2.24) is 9.80 Å². The summed E-state index contributed by atoms with van der Waals surface area (Å²) >= 11 is 0. The van der Waals surface area contributed by atoms with Gasteiger partial charge in [0, 0.05) is 24.7 Å². The molecule has 0 amide bonds. The lowest BCUT2D eigenvalue weighted by Crippen LogP contribution is -2.48. The molecule has 0 radical (unpaired) electrons. The normalized spacial score (nSPS) is 26.2. The number of rotatable bonds is 6. The van der Waals surface area contributed by atoms with Gasteiger partial charge < -0.3 is 10.6 Å². The first-order valence-corrected chi connectivity index (χ1v) is 6.80. The second-order valence-electron chi connectivity index (χ2n) is 5.18. The van der Waals surface area contributed by atoms with Gasteiger partial charge in [0.1, 0.15) is 0 Å². The zero-order valence-electron chi connectivity index (χ0n) is 11.4. The lowest BCUT2D eigenvalue weighted by atomic mass is 10.1. The Morgan fingerprint density at radius 1 is 1.44 bits per heavy atom. The van der Waals surface area contributed by atoms with Gasteiger partial charge in [-0.25, -0.2) is 0 Å². The summed E-state index contributed by atoms with van der Waals surface area (Å²) in [6.07, 6.45) is 3.78. The van der Waals surface area contributed by atoms with Crippen LogP contribution < -0.4 is 5.73 Å². The van der Waals surface area contributed by atoms with Gasteiger partial charge in [-0.3, -0.25) is 4.90 Å². The van der Waals surface area contributed by atoms with Gasteiger partial charge in [-0.05, 0) is 46.3 Å². The van der Waals surface area contributed by atoms with Gasteiger partial charge in [-0.15, -0.1) is 0 Å². The molecule has 1 heterocycles. The minimum Gasteiger partial charge on any atom is -0.326 e. The average Bonchev–Trinajstić information content (AvgIpc) is 2.74. The summed E-state index contributed by atoms with van der Waals surface area (Å²) < 4.78 is 0. The predicted octanol–water partition coefficient (Wildman–Crippen LogP) is 1.53. The lowest BCUT2D eigenvalue weighted by Gasteiger charge is -2.33. The topological polar surface area (TPSA) is 32.5 Å². The molecule has 3 atom stereocenters. The Morgan fingerprint density at radius 3 is 2.69 bits per heavy atom. The van der Waals surface area contributed by atoms with Gasteiger partial charge in [0.05, 0.1) is 0 Å². The van der Waals surface area contributed by atoms with Crippen molar-refractivity contribution in [1.29, 1.82) is 0 Å². The van der Waals surface area contributed by atoms with Gasteiger partial charge in [0.15, 0.2) is 0 Å². The number of nitrogens with two attached hydrogens (primary N) is 1. The molecule has 0 aromatic carbocycles. The molecule has 1 saturated heterocycles. The summed E-state index contributed by atoms with van der Waals surface area (Å²) in [5.41, 5.74) is 6.10. The molecule has 3 unspecified atom stereocenters. The highest BCUT2D eigenvalue weighted by molar-refractivity contribution is 4.84. The molecule has 0 aromatic heterocycles. The van der Waals surface area contributed by atoms with Crippen molar-refractivity contribution in [3.63, 3.8) is 0 Å². The Balaban J connectivity index is 2.40. The van der Waals surface area contributed by atoms with Crippen LogP contribution in [-0.2, 0) is 0 Å². The molecule has 96 valence electrons. The van der Waals surface area contributed by atoms with E-state index in [1.165, 1.54) is 32.5 Å². The first-order chi connectivity index (χ1) is 7.60. The molecule has 2 N–H and O–H groups in total. The Bertz CT molecular complexity index is 196. The van der Waals surface area contributed by atoms with Crippen molar-refractivity contribution < 1.29 is 0 Å². The average molecular weight is 227 g/mol. The van der Waals surface area contributed by atoms with Crippen molar-refractivity contribution in [2.45, 2.75) is 58.2 Å². The Morgan fingerprint density at radius 2 is 2.12 bits per heavy atom. The van der Waals surface area contributed by atoms with Crippen LogP contribution in [0.2, 0.25) is 0 Å². The largest absolute Gasteiger partial charge is 0.326 e. The number of likely N-dealkylation sites (tertiary alicyclic amines) is 1. The van der Waals surface area contributed by atoms with E-state index in [0.717, 1.165) is 12.5 Å². The minimum atomic E-state index is 0.307. The van der Waals surface area contributed by atoms with E-state index < -0.39 is 0 Å². The van der Waals surface area contributed by atoms with E-state index in [1.807, 2.05) is 0 Å². The molecular weight excluding hydrogens is 198 g/mol. The molecule has 0 saturated carbocycles. The summed E-state index contributed by atoms with van der Waals surface area (Å²) in [5, 5.41) is 0. The molecule has 16 heavy (non-hydrogen) atoms. The number of nitrogens with zero attached hydrogens (tertiary/aromatic N) is 2. The highest BCUT2D eigenvalue weighted by atomic mass is 15.2. The molecule has 0 aliphatic carbocycles. The molecule has 1 aliphatic rings. The third-order valence-electron chi connectivity index (χ3n) is 4.19. The summed E-state index contributed by atoms with van der Waals surface area (Å²) in [5.74, 6) is 0. The van der Waals surface area contributed by atoms with Crippen molar-refractivity contribution in [2.75, 3.05) is 26.7 Å².